The first-order valence-electron chi connectivity index (χ1n) is 6.34. The molecule has 4 nitrogen and oxygen atoms in total. The molecule has 19 heavy (non-hydrogen) atoms. The number of carboxylic acids is 1. The van der Waals surface area contributed by atoms with E-state index < -0.39 is 17.4 Å². The largest absolute Gasteiger partial charge is 0.478 e. The highest BCUT2D eigenvalue weighted by atomic mass is 19.1. The number of halogens is 1. The zero-order valence-corrected chi connectivity index (χ0v) is 10.9. The minimum absolute atomic E-state index is 0.301. The molecule has 5 heteroatoms. The van der Waals surface area contributed by atoms with Crippen LogP contribution in [0.3, 0.4) is 0 Å². The summed E-state index contributed by atoms with van der Waals surface area (Å²) in [7, 11) is 0. The van der Waals surface area contributed by atoms with E-state index in [4.69, 9.17) is 5.11 Å². The van der Waals surface area contributed by atoms with Crippen LogP contribution in [-0.4, -0.2) is 39.8 Å². The SMILES string of the molecule is CC1(O)CCN(Cc2ccc(C(=O)O)c(F)c2)CC1. The van der Waals surface area contributed by atoms with Crippen molar-refractivity contribution in [2.45, 2.75) is 31.9 Å². The lowest BCUT2D eigenvalue weighted by atomic mass is 9.93. The highest BCUT2D eigenvalue weighted by Crippen LogP contribution is 2.22. The lowest BCUT2D eigenvalue weighted by Gasteiger charge is -2.35. The zero-order chi connectivity index (χ0) is 14.0. The molecule has 0 aliphatic carbocycles. The number of hydrogen-bond acceptors (Lipinski definition) is 3. The van der Waals surface area contributed by atoms with Gasteiger partial charge >= 0.3 is 5.97 Å². The van der Waals surface area contributed by atoms with Crippen LogP contribution in [0.4, 0.5) is 4.39 Å². The Bertz CT molecular complexity index is 478. The topological polar surface area (TPSA) is 60.8 Å². The maximum Gasteiger partial charge on any atom is 0.338 e. The van der Waals surface area contributed by atoms with Crippen molar-refractivity contribution in [2.75, 3.05) is 13.1 Å². The summed E-state index contributed by atoms with van der Waals surface area (Å²) in [6, 6.07) is 4.21. The Balaban J connectivity index is 2.01. The molecule has 0 bridgehead atoms. The third-order valence-corrected chi connectivity index (χ3v) is 3.60. The standard InChI is InChI=1S/C14H18FNO3/c1-14(19)4-6-16(7-5-14)9-10-2-3-11(13(17)18)12(15)8-10/h2-3,8,19H,4-7,9H2,1H3,(H,17,18). The van der Waals surface area contributed by atoms with E-state index in [1.165, 1.54) is 12.1 Å². The van der Waals surface area contributed by atoms with E-state index in [-0.39, 0.29) is 5.56 Å². The fourth-order valence-corrected chi connectivity index (χ4v) is 2.28. The van der Waals surface area contributed by atoms with Crippen LogP contribution < -0.4 is 0 Å². The Hall–Kier alpha value is -1.46. The van der Waals surface area contributed by atoms with E-state index in [2.05, 4.69) is 4.90 Å². The van der Waals surface area contributed by atoms with Gasteiger partial charge in [-0.2, -0.15) is 0 Å². The molecule has 0 unspecified atom stereocenters. The molecule has 1 fully saturated rings. The van der Waals surface area contributed by atoms with Crippen LogP contribution in [0.5, 0.6) is 0 Å². The van der Waals surface area contributed by atoms with E-state index in [0.717, 1.165) is 18.7 Å². The molecule has 0 atom stereocenters. The lowest BCUT2D eigenvalue weighted by Crippen LogP contribution is -2.41. The summed E-state index contributed by atoms with van der Waals surface area (Å²) in [5.41, 5.74) is -0.149. The summed E-state index contributed by atoms with van der Waals surface area (Å²) in [6.07, 6.45) is 1.39. The monoisotopic (exact) mass is 267 g/mol. The van der Waals surface area contributed by atoms with E-state index in [9.17, 15) is 14.3 Å². The van der Waals surface area contributed by atoms with E-state index in [1.807, 2.05) is 6.92 Å². The number of hydrogen-bond donors (Lipinski definition) is 2. The first-order valence-corrected chi connectivity index (χ1v) is 6.34. The van der Waals surface area contributed by atoms with E-state index in [0.29, 0.717) is 19.4 Å². The minimum atomic E-state index is -1.25. The molecular weight excluding hydrogens is 249 g/mol. The molecule has 0 amide bonds. The van der Waals surface area contributed by atoms with Gasteiger partial charge in [0, 0.05) is 19.6 Å². The Kier molecular flexibility index (Phi) is 3.87. The van der Waals surface area contributed by atoms with Crippen LogP contribution >= 0.6 is 0 Å². The van der Waals surface area contributed by atoms with E-state index >= 15 is 0 Å². The van der Waals surface area contributed by atoms with Gasteiger partial charge in [-0.05, 0) is 37.5 Å². The quantitative estimate of drug-likeness (QED) is 0.877. The van der Waals surface area contributed by atoms with Crippen molar-refractivity contribution in [1.29, 1.82) is 0 Å². The molecule has 1 saturated heterocycles. The molecule has 1 aliphatic rings. The first-order chi connectivity index (χ1) is 8.87. The lowest BCUT2D eigenvalue weighted by molar-refractivity contribution is -0.00733. The Morgan fingerprint density at radius 1 is 1.42 bits per heavy atom. The molecule has 0 spiro atoms. The molecule has 1 aromatic carbocycles. The maximum atomic E-state index is 13.5. The number of rotatable bonds is 3. The number of benzene rings is 1. The van der Waals surface area contributed by atoms with Gasteiger partial charge in [0.2, 0.25) is 0 Å². The van der Waals surface area contributed by atoms with Gasteiger partial charge in [-0.1, -0.05) is 6.07 Å². The third-order valence-electron chi connectivity index (χ3n) is 3.60. The number of carbonyl (C=O) groups is 1. The number of aromatic carboxylic acids is 1. The van der Waals surface area contributed by atoms with Gasteiger partial charge in [0.1, 0.15) is 5.82 Å². The summed E-state index contributed by atoms with van der Waals surface area (Å²) < 4.78 is 13.5. The van der Waals surface area contributed by atoms with Crippen LogP contribution in [0, 0.1) is 5.82 Å². The molecule has 1 aromatic rings. The Morgan fingerprint density at radius 3 is 2.58 bits per heavy atom. The second-order valence-corrected chi connectivity index (χ2v) is 5.39. The number of nitrogens with zero attached hydrogens (tertiary/aromatic N) is 1. The van der Waals surface area contributed by atoms with Gasteiger partial charge in [0.05, 0.1) is 11.2 Å². The number of aliphatic hydroxyl groups is 1. The van der Waals surface area contributed by atoms with Crippen molar-refractivity contribution in [3.8, 4) is 0 Å². The fourth-order valence-electron chi connectivity index (χ4n) is 2.28. The van der Waals surface area contributed by atoms with Crippen molar-refractivity contribution in [2.24, 2.45) is 0 Å². The predicted molar refractivity (Wildman–Crippen MR) is 68.5 cm³/mol. The van der Waals surface area contributed by atoms with Crippen LogP contribution in [0.1, 0.15) is 35.7 Å². The number of carboxylic acid groups (broad SMARTS) is 1. The zero-order valence-electron chi connectivity index (χ0n) is 10.9. The van der Waals surface area contributed by atoms with Crippen LogP contribution in [0.2, 0.25) is 0 Å². The summed E-state index contributed by atoms with van der Waals surface area (Å²) in [4.78, 5) is 12.8. The van der Waals surface area contributed by atoms with Gasteiger partial charge < -0.3 is 10.2 Å². The van der Waals surface area contributed by atoms with Crippen molar-refractivity contribution >= 4 is 5.97 Å². The molecule has 0 radical (unpaired) electrons. The third kappa shape index (κ3) is 3.52. The molecule has 2 rings (SSSR count). The van der Waals surface area contributed by atoms with Crippen LogP contribution in [0.25, 0.3) is 0 Å². The van der Waals surface area contributed by atoms with Gasteiger partial charge in [-0.25, -0.2) is 9.18 Å². The Morgan fingerprint density at radius 2 is 2.05 bits per heavy atom. The number of likely N-dealkylation sites (tertiary alicyclic amines) is 1. The minimum Gasteiger partial charge on any atom is -0.478 e. The van der Waals surface area contributed by atoms with Gasteiger partial charge in [0.25, 0.3) is 0 Å². The number of piperidine rings is 1. The first kappa shape index (κ1) is 14.0. The molecule has 2 N–H and O–H groups in total. The van der Waals surface area contributed by atoms with Crippen molar-refractivity contribution in [3.63, 3.8) is 0 Å². The van der Waals surface area contributed by atoms with Crippen molar-refractivity contribution in [1.82, 2.24) is 4.90 Å². The fraction of sp³-hybridized carbons (Fsp3) is 0.500. The second-order valence-electron chi connectivity index (χ2n) is 5.39. The summed E-state index contributed by atoms with van der Waals surface area (Å²) in [6.45, 7) is 3.92. The van der Waals surface area contributed by atoms with Gasteiger partial charge in [-0.15, -0.1) is 0 Å². The molecular formula is C14H18FNO3. The normalized spacial score (nSPS) is 19.3. The van der Waals surface area contributed by atoms with Gasteiger partial charge in [-0.3, -0.25) is 4.90 Å². The van der Waals surface area contributed by atoms with Crippen LogP contribution in [0.15, 0.2) is 18.2 Å². The maximum absolute atomic E-state index is 13.5. The van der Waals surface area contributed by atoms with Crippen molar-refractivity contribution < 1.29 is 19.4 Å². The summed E-state index contributed by atoms with van der Waals surface area (Å²) in [5.74, 6) is -1.95. The summed E-state index contributed by atoms with van der Waals surface area (Å²) in [5, 5.41) is 18.6. The molecule has 0 aromatic heterocycles. The molecule has 1 heterocycles. The van der Waals surface area contributed by atoms with Crippen molar-refractivity contribution in [3.05, 3.63) is 35.1 Å². The molecule has 0 saturated carbocycles. The highest BCUT2D eigenvalue weighted by Gasteiger charge is 2.27. The predicted octanol–water partition coefficient (Wildman–Crippen LogP) is 1.87. The average molecular weight is 267 g/mol. The smallest absolute Gasteiger partial charge is 0.338 e. The highest BCUT2D eigenvalue weighted by molar-refractivity contribution is 5.87. The van der Waals surface area contributed by atoms with E-state index in [1.54, 1.807) is 6.07 Å². The second kappa shape index (κ2) is 5.27. The molecule has 1 aliphatic heterocycles. The summed E-state index contributed by atoms with van der Waals surface area (Å²) >= 11 is 0. The molecule has 104 valence electrons. The van der Waals surface area contributed by atoms with Gasteiger partial charge in [0.15, 0.2) is 0 Å². The van der Waals surface area contributed by atoms with Crippen LogP contribution in [-0.2, 0) is 6.54 Å². The average Bonchev–Trinajstić information content (AvgIpc) is 2.31. The Labute approximate surface area is 111 Å².